The van der Waals surface area contributed by atoms with E-state index < -0.39 is 36.8 Å². The summed E-state index contributed by atoms with van der Waals surface area (Å²) in [6.07, 6.45) is -3.22. The van der Waals surface area contributed by atoms with E-state index in [1.807, 2.05) is 0 Å². The van der Waals surface area contributed by atoms with Crippen LogP contribution in [0.5, 0.6) is 0 Å². The Morgan fingerprint density at radius 2 is 2.13 bits per heavy atom. The molecule has 30 heavy (non-hydrogen) atoms. The van der Waals surface area contributed by atoms with Crippen LogP contribution in [0.25, 0.3) is 17.0 Å². The van der Waals surface area contributed by atoms with Crippen molar-refractivity contribution in [2.75, 3.05) is 19.7 Å². The molecular formula is C18H15F5N4O3. The Kier molecular flexibility index (Phi) is 5.18. The Morgan fingerprint density at radius 3 is 2.80 bits per heavy atom. The molecule has 0 aromatic carbocycles. The van der Waals surface area contributed by atoms with Crippen molar-refractivity contribution in [1.29, 1.82) is 0 Å². The van der Waals surface area contributed by atoms with Gasteiger partial charge in [-0.1, -0.05) is 0 Å². The van der Waals surface area contributed by atoms with E-state index in [1.165, 1.54) is 17.3 Å². The summed E-state index contributed by atoms with van der Waals surface area (Å²) in [4.78, 5) is 22.1. The highest BCUT2D eigenvalue weighted by Gasteiger charge is 2.34. The zero-order chi connectivity index (χ0) is 21.5. The fourth-order valence-electron chi connectivity index (χ4n) is 3.35. The molecule has 1 saturated heterocycles. The maximum Gasteiger partial charge on any atom is 0.417 e. The molecule has 7 nitrogen and oxygen atoms in total. The normalized spacial score (nSPS) is 17.4. The molecule has 0 spiro atoms. The number of halogens is 5. The largest absolute Gasteiger partial charge is 0.443 e. The van der Waals surface area contributed by atoms with Crippen molar-refractivity contribution in [2.24, 2.45) is 0 Å². The van der Waals surface area contributed by atoms with E-state index >= 15 is 0 Å². The Morgan fingerprint density at radius 1 is 1.33 bits per heavy atom. The van der Waals surface area contributed by atoms with Gasteiger partial charge in [0.25, 0.3) is 12.3 Å². The average Bonchev–Trinajstić information content (AvgIpc) is 3.44. The number of pyridine rings is 1. The highest BCUT2D eigenvalue weighted by Crippen LogP contribution is 2.34. The minimum Gasteiger partial charge on any atom is -0.443 e. The van der Waals surface area contributed by atoms with Gasteiger partial charge in [-0.05, 0) is 12.5 Å². The summed E-state index contributed by atoms with van der Waals surface area (Å²) in [6, 6.07) is 0.876. The van der Waals surface area contributed by atoms with Crippen LogP contribution in [0.1, 0.15) is 22.5 Å². The van der Waals surface area contributed by atoms with Crippen LogP contribution < -0.4 is 0 Å². The first-order chi connectivity index (χ1) is 14.2. The van der Waals surface area contributed by atoms with E-state index in [2.05, 4.69) is 9.97 Å². The predicted octanol–water partition coefficient (Wildman–Crippen LogP) is 3.50. The summed E-state index contributed by atoms with van der Waals surface area (Å²) in [6.45, 7) is -0.446. The highest BCUT2D eigenvalue weighted by molar-refractivity contribution is 5.94. The second-order valence-electron chi connectivity index (χ2n) is 6.73. The van der Waals surface area contributed by atoms with Crippen molar-refractivity contribution in [3.05, 3.63) is 42.3 Å². The number of hydrogen-bond acceptors (Lipinski definition) is 5. The van der Waals surface area contributed by atoms with E-state index in [-0.39, 0.29) is 35.8 Å². The lowest BCUT2D eigenvalue weighted by molar-refractivity contribution is -0.137. The number of alkyl halides is 5. The van der Waals surface area contributed by atoms with Gasteiger partial charge in [-0.2, -0.15) is 13.2 Å². The standard InChI is InChI=1S/C18H15F5N4O3/c19-15(20)8-29-11-1-2-26(7-11)17(28)13-4-25-16-12(14-5-24-9-30-14)3-10(6-27(13)16)18(21,22)23/h3-6,9,11,15H,1-2,7-8H2/t11-/m1/s1. The Hall–Kier alpha value is -3.02. The fraction of sp³-hybridized carbons (Fsp3) is 0.389. The lowest BCUT2D eigenvalue weighted by Crippen LogP contribution is -2.31. The summed E-state index contributed by atoms with van der Waals surface area (Å²) in [5.41, 5.74) is -0.965. The lowest BCUT2D eigenvalue weighted by Gasteiger charge is -2.17. The van der Waals surface area contributed by atoms with Crippen LogP contribution in [-0.4, -0.2) is 57.4 Å². The second-order valence-corrected chi connectivity index (χ2v) is 6.73. The first-order valence-electron chi connectivity index (χ1n) is 8.90. The zero-order valence-corrected chi connectivity index (χ0v) is 15.3. The Balaban J connectivity index is 1.68. The number of amides is 1. The number of likely N-dealkylation sites (tertiary alicyclic amines) is 1. The second kappa shape index (κ2) is 7.67. The van der Waals surface area contributed by atoms with Crippen molar-refractivity contribution < 1.29 is 35.9 Å². The Bertz CT molecular complexity index is 1050. The van der Waals surface area contributed by atoms with Crippen LogP contribution in [0.3, 0.4) is 0 Å². The third-order valence-electron chi connectivity index (χ3n) is 4.74. The van der Waals surface area contributed by atoms with Gasteiger partial charge in [-0.3, -0.25) is 9.20 Å². The number of ether oxygens (including phenoxy) is 1. The predicted molar refractivity (Wildman–Crippen MR) is 92.0 cm³/mol. The molecule has 1 atom stereocenters. The number of hydrogen-bond donors (Lipinski definition) is 0. The van der Waals surface area contributed by atoms with Crippen LogP contribution in [-0.2, 0) is 10.9 Å². The summed E-state index contributed by atoms with van der Waals surface area (Å²) in [7, 11) is 0. The number of nitrogens with zero attached hydrogens (tertiary/aromatic N) is 4. The number of fused-ring (bicyclic) bond motifs is 1. The van der Waals surface area contributed by atoms with Crippen LogP contribution in [0.2, 0.25) is 0 Å². The number of aromatic nitrogens is 3. The minimum atomic E-state index is -4.67. The third-order valence-corrected chi connectivity index (χ3v) is 4.74. The maximum absolute atomic E-state index is 13.4. The van der Waals surface area contributed by atoms with Gasteiger partial charge in [0.1, 0.15) is 17.9 Å². The Labute approximate surface area is 166 Å². The van der Waals surface area contributed by atoms with Gasteiger partial charge in [-0.15, -0.1) is 0 Å². The molecule has 160 valence electrons. The fourth-order valence-corrected chi connectivity index (χ4v) is 3.35. The number of imidazole rings is 1. The van der Waals surface area contributed by atoms with E-state index in [1.54, 1.807) is 0 Å². The van der Waals surface area contributed by atoms with Gasteiger partial charge >= 0.3 is 6.18 Å². The smallest absolute Gasteiger partial charge is 0.417 e. The molecule has 4 heterocycles. The number of oxazole rings is 1. The SMILES string of the molecule is O=C(c1cnc2c(-c3cnco3)cc(C(F)(F)F)cn12)N1CC[C@@H](OCC(F)F)C1. The van der Waals surface area contributed by atoms with E-state index in [0.717, 1.165) is 23.1 Å². The molecule has 1 fully saturated rings. The average molecular weight is 430 g/mol. The quantitative estimate of drug-likeness (QED) is 0.580. The van der Waals surface area contributed by atoms with Crippen LogP contribution in [0.15, 0.2) is 35.5 Å². The molecule has 0 aliphatic carbocycles. The molecule has 3 aromatic rings. The number of carbonyl (C=O) groups excluding carboxylic acids is 1. The molecule has 12 heteroatoms. The van der Waals surface area contributed by atoms with Gasteiger partial charge in [0.05, 0.1) is 29.6 Å². The summed E-state index contributed by atoms with van der Waals surface area (Å²) in [5.74, 6) is -0.508. The molecule has 0 N–H and O–H groups in total. The summed E-state index contributed by atoms with van der Waals surface area (Å²) in [5, 5.41) is 0. The monoisotopic (exact) mass is 430 g/mol. The van der Waals surface area contributed by atoms with Crippen molar-refractivity contribution in [3.63, 3.8) is 0 Å². The zero-order valence-electron chi connectivity index (χ0n) is 15.3. The van der Waals surface area contributed by atoms with Crippen molar-refractivity contribution >= 4 is 11.6 Å². The van der Waals surface area contributed by atoms with Gasteiger partial charge in [0.2, 0.25) is 0 Å². The van der Waals surface area contributed by atoms with Gasteiger partial charge in [-0.25, -0.2) is 18.7 Å². The molecular weight excluding hydrogens is 415 g/mol. The molecule has 0 unspecified atom stereocenters. The van der Waals surface area contributed by atoms with E-state index in [4.69, 9.17) is 9.15 Å². The number of rotatable bonds is 5. The molecule has 4 rings (SSSR count). The van der Waals surface area contributed by atoms with Gasteiger partial charge in [0, 0.05) is 19.3 Å². The molecule has 0 bridgehead atoms. The summed E-state index contributed by atoms with van der Waals surface area (Å²) < 4.78 is 76.1. The molecule has 0 radical (unpaired) electrons. The first kappa shape index (κ1) is 20.3. The van der Waals surface area contributed by atoms with Crippen LogP contribution in [0, 0.1) is 0 Å². The first-order valence-corrected chi connectivity index (χ1v) is 8.90. The lowest BCUT2D eigenvalue weighted by atomic mass is 10.1. The molecule has 3 aromatic heterocycles. The van der Waals surface area contributed by atoms with Crippen molar-refractivity contribution in [1.82, 2.24) is 19.3 Å². The van der Waals surface area contributed by atoms with Crippen LogP contribution >= 0.6 is 0 Å². The molecule has 0 saturated carbocycles. The maximum atomic E-state index is 13.4. The van der Waals surface area contributed by atoms with E-state index in [9.17, 15) is 26.7 Å². The van der Waals surface area contributed by atoms with Crippen molar-refractivity contribution in [3.8, 4) is 11.3 Å². The van der Waals surface area contributed by atoms with Gasteiger partial charge < -0.3 is 14.1 Å². The number of carbonyl (C=O) groups is 1. The van der Waals surface area contributed by atoms with E-state index in [0.29, 0.717) is 6.42 Å². The van der Waals surface area contributed by atoms with Crippen molar-refractivity contribution in [2.45, 2.75) is 25.1 Å². The molecule has 1 amide bonds. The molecule has 1 aliphatic rings. The highest BCUT2D eigenvalue weighted by atomic mass is 19.4. The third kappa shape index (κ3) is 3.86. The minimum absolute atomic E-state index is 0.0286. The van der Waals surface area contributed by atoms with Crippen LogP contribution in [0.4, 0.5) is 22.0 Å². The summed E-state index contributed by atoms with van der Waals surface area (Å²) >= 11 is 0. The molecule has 1 aliphatic heterocycles. The topological polar surface area (TPSA) is 72.9 Å². The van der Waals surface area contributed by atoms with Gasteiger partial charge in [0.15, 0.2) is 12.2 Å².